The zero-order valence-corrected chi connectivity index (χ0v) is 26.1. The smallest absolute Gasteiger partial charge is 0.0274 e. The first-order valence-corrected chi connectivity index (χ1v) is 16.9. The average molecular weight is 565 g/mol. The van der Waals surface area contributed by atoms with Gasteiger partial charge in [0.25, 0.3) is 0 Å². The number of aryl methyl sites for hydroxylation is 1. The van der Waals surface area contributed by atoms with Crippen LogP contribution in [-0.4, -0.2) is 0 Å². The summed E-state index contributed by atoms with van der Waals surface area (Å²) in [7, 11) is 0. The van der Waals surface area contributed by atoms with Gasteiger partial charge >= 0.3 is 0 Å². The van der Waals surface area contributed by atoms with E-state index in [4.69, 9.17) is 13.0 Å². The lowest BCUT2D eigenvalue weighted by Gasteiger charge is -2.36. The third-order valence-corrected chi connectivity index (χ3v) is 10.6. The zero-order valence-electron chi connectivity index (χ0n) is 26.1. The molecule has 0 heteroatoms. The van der Waals surface area contributed by atoms with Crippen molar-refractivity contribution in [1.29, 1.82) is 0 Å². The molecule has 0 saturated heterocycles. The summed E-state index contributed by atoms with van der Waals surface area (Å²) in [6.07, 6.45) is 26.6. The maximum absolute atomic E-state index is 5.96. The molecule has 0 nitrogen and oxygen atoms in total. The van der Waals surface area contributed by atoms with Gasteiger partial charge in [-0.15, -0.1) is 6.42 Å². The second-order valence-corrected chi connectivity index (χ2v) is 13.7. The van der Waals surface area contributed by atoms with Gasteiger partial charge in [-0.05, 0) is 114 Å². The van der Waals surface area contributed by atoms with Crippen LogP contribution in [0.3, 0.4) is 0 Å². The quantitative estimate of drug-likeness (QED) is 0.160. The van der Waals surface area contributed by atoms with Crippen molar-refractivity contribution < 1.29 is 0 Å². The third-order valence-electron chi connectivity index (χ3n) is 10.6. The summed E-state index contributed by atoms with van der Waals surface area (Å²) >= 11 is 0. The summed E-state index contributed by atoms with van der Waals surface area (Å²) < 4.78 is 0. The fourth-order valence-electron chi connectivity index (χ4n) is 7.82. The Kier molecular flexibility index (Phi) is 9.48. The van der Waals surface area contributed by atoms with Crippen molar-refractivity contribution in [3.05, 3.63) is 137 Å². The fraction of sp³-hybridized carbons (Fsp3) is 0.395. The highest BCUT2D eigenvalue weighted by molar-refractivity contribution is 5.76. The summed E-state index contributed by atoms with van der Waals surface area (Å²) in [5.41, 5.74) is 10.9. The van der Waals surface area contributed by atoms with Crippen LogP contribution in [0.25, 0.3) is 5.57 Å². The minimum atomic E-state index is 0.415. The molecule has 2 atom stereocenters. The van der Waals surface area contributed by atoms with Gasteiger partial charge in [-0.2, -0.15) is 0 Å². The maximum Gasteiger partial charge on any atom is 0.0274 e. The summed E-state index contributed by atoms with van der Waals surface area (Å²) in [5, 5.41) is 0. The Bertz CT molecular complexity index is 1480. The van der Waals surface area contributed by atoms with Crippen molar-refractivity contribution in [2.45, 2.75) is 83.5 Å². The first kappa shape index (κ1) is 29.5. The molecule has 0 bridgehead atoms. The van der Waals surface area contributed by atoms with Crippen LogP contribution in [0.2, 0.25) is 0 Å². The van der Waals surface area contributed by atoms with Crippen LogP contribution >= 0.6 is 0 Å². The van der Waals surface area contributed by atoms with Crippen LogP contribution < -0.4 is 0 Å². The van der Waals surface area contributed by atoms with Crippen LogP contribution in [0.5, 0.6) is 0 Å². The van der Waals surface area contributed by atoms with Gasteiger partial charge in [0.15, 0.2) is 0 Å². The summed E-state index contributed by atoms with van der Waals surface area (Å²) in [4.78, 5) is 0. The second-order valence-electron chi connectivity index (χ2n) is 13.7. The van der Waals surface area contributed by atoms with E-state index in [1.54, 1.807) is 0 Å². The molecule has 0 spiro atoms. The molecule has 220 valence electrons. The normalized spacial score (nSPS) is 22.4. The van der Waals surface area contributed by atoms with Crippen LogP contribution in [0.1, 0.15) is 97.6 Å². The lowest BCUT2D eigenvalue weighted by molar-refractivity contribution is 0.252. The van der Waals surface area contributed by atoms with Crippen molar-refractivity contribution in [3.63, 3.8) is 0 Å². The van der Waals surface area contributed by atoms with Crippen molar-refractivity contribution in [3.8, 4) is 12.3 Å². The molecule has 0 heterocycles. The molecule has 0 aliphatic heterocycles. The number of rotatable bonds is 11. The molecule has 3 aliphatic carbocycles. The average Bonchev–Trinajstić information content (AvgIpc) is 3.46. The van der Waals surface area contributed by atoms with Crippen LogP contribution in [-0.2, 0) is 19.3 Å². The van der Waals surface area contributed by atoms with E-state index in [1.807, 2.05) is 0 Å². The predicted molar refractivity (Wildman–Crippen MR) is 184 cm³/mol. The molecule has 2 unspecified atom stereocenters. The van der Waals surface area contributed by atoms with Crippen LogP contribution in [0.15, 0.2) is 103 Å². The van der Waals surface area contributed by atoms with Crippen molar-refractivity contribution in [1.82, 2.24) is 0 Å². The Morgan fingerprint density at radius 3 is 2.26 bits per heavy atom. The molecule has 0 aromatic heterocycles. The van der Waals surface area contributed by atoms with Gasteiger partial charge in [-0.25, -0.2) is 0 Å². The summed E-state index contributed by atoms with van der Waals surface area (Å²) in [6, 6.07) is 27.3. The topological polar surface area (TPSA) is 0 Å². The Morgan fingerprint density at radius 1 is 0.860 bits per heavy atom. The summed E-state index contributed by atoms with van der Waals surface area (Å²) in [6.45, 7) is 6.99. The second kappa shape index (κ2) is 13.8. The van der Waals surface area contributed by atoms with E-state index >= 15 is 0 Å². The molecular formula is C43H48. The first-order valence-electron chi connectivity index (χ1n) is 16.9. The highest BCUT2D eigenvalue weighted by Gasteiger charge is 2.31. The lowest BCUT2D eigenvalue weighted by Crippen LogP contribution is -2.23. The van der Waals surface area contributed by atoms with Crippen molar-refractivity contribution in [2.24, 2.45) is 23.7 Å². The molecule has 0 N–H and O–H groups in total. The van der Waals surface area contributed by atoms with E-state index in [0.29, 0.717) is 23.7 Å². The van der Waals surface area contributed by atoms with E-state index in [1.165, 1.54) is 90.3 Å². The van der Waals surface area contributed by atoms with Crippen LogP contribution in [0.4, 0.5) is 0 Å². The molecule has 43 heavy (non-hydrogen) atoms. The number of terminal acetylenes is 1. The molecule has 2 saturated carbocycles. The number of hydrogen-bond donors (Lipinski definition) is 0. The van der Waals surface area contributed by atoms with Gasteiger partial charge in [-0.1, -0.05) is 129 Å². The Labute approximate surface area is 261 Å². The standard InChI is InChI=1S/C43H48/c1-4-37-20-18-36(28-34-11-8-12-34)30-42(37)29-35-16-21-39(22-17-35)43(32(3)14-15-33-9-6-5-7-10-33)40-25-23-38(24-26-40)41-19-13-31(2)27-41/h1,5-7,9-10,13,18-20,23-27,30-31,34-35,39,43H,3,8,11-12,14-17,21-22,28-29H2,2H3. The molecular weight excluding hydrogens is 516 g/mol. The third kappa shape index (κ3) is 7.33. The lowest BCUT2D eigenvalue weighted by atomic mass is 9.69. The first-order chi connectivity index (χ1) is 21.1. The minimum absolute atomic E-state index is 0.415. The largest absolute Gasteiger partial charge is 0.115 e. The van der Waals surface area contributed by atoms with Crippen molar-refractivity contribution >= 4 is 5.57 Å². The molecule has 0 radical (unpaired) electrons. The monoisotopic (exact) mass is 564 g/mol. The van der Waals surface area contributed by atoms with Crippen LogP contribution in [0, 0.1) is 36.0 Å². The predicted octanol–water partition coefficient (Wildman–Crippen LogP) is 10.9. The molecule has 3 aliphatic rings. The Morgan fingerprint density at radius 2 is 1.60 bits per heavy atom. The van der Waals surface area contributed by atoms with Gasteiger partial charge in [0, 0.05) is 11.5 Å². The minimum Gasteiger partial charge on any atom is -0.115 e. The van der Waals surface area contributed by atoms with Crippen molar-refractivity contribution in [2.75, 3.05) is 0 Å². The maximum atomic E-state index is 5.96. The van der Waals surface area contributed by atoms with E-state index in [0.717, 1.165) is 30.7 Å². The number of allylic oxidation sites excluding steroid dienone is 5. The highest BCUT2D eigenvalue weighted by atomic mass is 14.4. The van der Waals surface area contributed by atoms with E-state index in [2.05, 4.69) is 104 Å². The zero-order chi connectivity index (χ0) is 29.6. The fourth-order valence-corrected chi connectivity index (χ4v) is 7.82. The van der Waals surface area contributed by atoms with Gasteiger partial charge < -0.3 is 0 Å². The molecule has 2 fully saturated rings. The van der Waals surface area contributed by atoms with E-state index in [9.17, 15) is 0 Å². The number of benzene rings is 3. The van der Waals surface area contributed by atoms with E-state index < -0.39 is 0 Å². The Balaban J connectivity index is 1.15. The number of hydrogen-bond acceptors (Lipinski definition) is 0. The van der Waals surface area contributed by atoms with Gasteiger partial charge in [0.05, 0.1) is 0 Å². The van der Waals surface area contributed by atoms with E-state index in [-0.39, 0.29) is 0 Å². The molecule has 6 rings (SSSR count). The SMILES string of the molecule is C#Cc1ccc(CC2CCC2)cc1CC1CCC(C(C(=C)CCc2ccccc2)c2ccc(C3=CC(C)C=C3)cc2)CC1. The highest BCUT2D eigenvalue weighted by Crippen LogP contribution is 2.44. The molecule has 0 amide bonds. The van der Waals surface area contributed by atoms with Gasteiger partial charge in [0.1, 0.15) is 0 Å². The molecule has 3 aromatic carbocycles. The molecule has 3 aromatic rings. The van der Waals surface area contributed by atoms with Gasteiger partial charge in [-0.3, -0.25) is 0 Å². The Hall–Kier alpha value is -3.56. The summed E-state index contributed by atoms with van der Waals surface area (Å²) in [5.74, 6) is 6.18. The van der Waals surface area contributed by atoms with Gasteiger partial charge in [0.2, 0.25) is 0 Å².